The number of rotatable bonds is 3. The molecule has 1 unspecified atom stereocenters. The SMILES string of the molecule is CNC1CCCN(C(=O)c2ccc(OC)cc2O)C1. The van der Waals surface area contributed by atoms with E-state index in [0.29, 0.717) is 23.9 Å². The number of methoxy groups -OCH3 is 1. The van der Waals surface area contributed by atoms with E-state index in [0.717, 1.165) is 19.4 Å². The fourth-order valence-electron chi connectivity index (χ4n) is 2.39. The van der Waals surface area contributed by atoms with Crippen molar-refractivity contribution in [1.29, 1.82) is 0 Å². The molecule has 1 atom stereocenters. The van der Waals surface area contributed by atoms with Crippen LogP contribution < -0.4 is 10.1 Å². The van der Waals surface area contributed by atoms with Crippen LogP contribution in [-0.2, 0) is 0 Å². The number of phenols is 1. The van der Waals surface area contributed by atoms with Crippen molar-refractivity contribution in [3.8, 4) is 11.5 Å². The van der Waals surface area contributed by atoms with Crippen LogP contribution in [0.25, 0.3) is 0 Å². The maximum Gasteiger partial charge on any atom is 0.257 e. The van der Waals surface area contributed by atoms with Gasteiger partial charge in [-0.15, -0.1) is 0 Å². The van der Waals surface area contributed by atoms with Gasteiger partial charge in [0.1, 0.15) is 11.5 Å². The van der Waals surface area contributed by atoms with Crippen LogP contribution >= 0.6 is 0 Å². The van der Waals surface area contributed by atoms with Gasteiger partial charge in [-0.05, 0) is 32.0 Å². The van der Waals surface area contributed by atoms with E-state index >= 15 is 0 Å². The van der Waals surface area contributed by atoms with E-state index in [1.165, 1.54) is 13.2 Å². The Morgan fingerprint density at radius 2 is 2.32 bits per heavy atom. The molecule has 1 aliphatic rings. The maximum absolute atomic E-state index is 12.4. The zero-order chi connectivity index (χ0) is 13.8. The first-order chi connectivity index (χ1) is 9.15. The van der Waals surface area contributed by atoms with Gasteiger partial charge in [-0.1, -0.05) is 0 Å². The molecule has 1 aromatic rings. The molecular formula is C14H20N2O3. The van der Waals surface area contributed by atoms with Crippen LogP contribution in [0.15, 0.2) is 18.2 Å². The van der Waals surface area contributed by atoms with Crippen molar-refractivity contribution >= 4 is 5.91 Å². The monoisotopic (exact) mass is 264 g/mol. The number of carbonyl (C=O) groups excluding carboxylic acids is 1. The summed E-state index contributed by atoms with van der Waals surface area (Å²) in [5.74, 6) is 0.386. The predicted octanol–water partition coefficient (Wildman–Crippen LogP) is 1.22. The van der Waals surface area contributed by atoms with Crippen molar-refractivity contribution in [1.82, 2.24) is 10.2 Å². The lowest BCUT2D eigenvalue weighted by Gasteiger charge is -2.32. The second kappa shape index (κ2) is 5.93. The Morgan fingerprint density at radius 3 is 2.95 bits per heavy atom. The third-order valence-electron chi connectivity index (χ3n) is 3.55. The molecule has 104 valence electrons. The molecule has 1 saturated heterocycles. The number of carbonyl (C=O) groups is 1. The number of hydrogen-bond donors (Lipinski definition) is 2. The highest BCUT2D eigenvalue weighted by Gasteiger charge is 2.25. The third-order valence-corrected chi connectivity index (χ3v) is 3.55. The largest absolute Gasteiger partial charge is 0.507 e. The average molecular weight is 264 g/mol. The van der Waals surface area contributed by atoms with E-state index in [1.54, 1.807) is 17.0 Å². The number of phenolic OH excluding ortho intramolecular Hbond substituents is 1. The van der Waals surface area contributed by atoms with Crippen molar-refractivity contribution in [2.75, 3.05) is 27.2 Å². The molecule has 0 saturated carbocycles. The molecule has 1 aromatic carbocycles. The van der Waals surface area contributed by atoms with E-state index in [9.17, 15) is 9.90 Å². The molecule has 0 bridgehead atoms. The van der Waals surface area contributed by atoms with Crippen LogP contribution in [0.1, 0.15) is 23.2 Å². The predicted molar refractivity (Wildman–Crippen MR) is 72.6 cm³/mol. The van der Waals surface area contributed by atoms with Crippen LogP contribution in [0.4, 0.5) is 0 Å². The summed E-state index contributed by atoms with van der Waals surface area (Å²) < 4.78 is 5.01. The third kappa shape index (κ3) is 2.98. The molecule has 0 spiro atoms. The number of benzene rings is 1. The topological polar surface area (TPSA) is 61.8 Å². The number of amides is 1. The first kappa shape index (κ1) is 13.7. The average Bonchev–Trinajstić information content (AvgIpc) is 2.46. The molecule has 19 heavy (non-hydrogen) atoms. The summed E-state index contributed by atoms with van der Waals surface area (Å²) in [6, 6.07) is 5.09. The molecule has 2 rings (SSSR count). The van der Waals surface area contributed by atoms with Crippen LogP contribution in [0, 0.1) is 0 Å². The number of hydrogen-bond acceptors (Lipinski definition) is 4. The first-order valence-electron chi connectivity index (χ1n) is 6.49. The Kier molecular flexibility index (Phi) is 4.27. The molecule has 0 radical (unpaired) electrons. The van der Waals surface area contributed by atoms with E-state index in [-0.39, 0.29) is 11.7 Å². The molecule has 1 fully saturated rings. The molecular weight excluding hydrogens is 244 g/mol. The van der Waals surface area contributed by atoms with Crippen LogP contribution in [0.3, 0.4) is 0 Å². The Hall–Kier alpha value is -1.75. The van der Waals surface area contributed by atoms with Crippen LogP contribution in [-0.4, -0.2) is 49.2 Å². The minimum absolute atomic E-state index is 0.0315. The van der Waals surface area contributed by atoms with Gasteiger partial charge in [0.2, 0.25) is 0 Å². The van der Waals surface area contributed by atoms with E-state index in [4.69, 9.17) is 4.74 Å². The summed E-state index contributed by atoms with van der Waals surface area (Å²) in [6.45, 7) is 1.42. The maximum atomic E-state index is 12.4. The Labute approximate surface area is 113 Å². The van der Waals surface area contributed by atoms with E-state index in [1.807, 2.05) is 7.05 Å². The second-order valence-electron chi connectivity index (χ2n) is 4.76. The van der Waals surface area contributed by atoms with Crippen molar-refractivity contribution in [2.24, 2.45) is 0 Å². The summed E-state index contributed by atoms with van der Waals surface area (Å²) in [6.07, 6.45) is 2.06. The van der Waals surface area contributed by atoms with Crippen molar-refractivity contribution in [3.63, 3.8) is 0 Å². The molecule has 5 nitrogen and oxygen atoms in total. The lowest BCUT2D eigenvalue weighted by molar-refractivity contribution is 0.0695. The molecule has 1 amide bonds. The minimum atomic E-state index is -0.125. The summed E-state index contributed by atoms with van der Waals surface area (Å²) in [5.41, 5.74) is 0.331. The number of nitrogens with zero attached hydrogens (tertiary/aromatic N) is 1. The molecule has 0 aromatic heterocycles. The van der Waals surface area contributed by atoms with Gasteiger partial charge in [-0.2, -0.15) is 0 Å². The van der Waals surface area contributed by atoms with Gasteiger partial charge in [-0.25, -0.2) is 0 Å². The van der Waals surface area contributed by atoms with Crippen molar-refractivity contribution in [2.45, 2.75) is 18.9 Å². The molecule has 2 N–H and O–H groups in total. The fourth-order valence-corrected chi connectivity index (χ4v) is 2.39. The number of aromatic hydroxyl groups is 1. The standard InChI is InChI=1S/C14H20N2O3/c1-15-10-4-3-7-16(9-10)14(18)12-6-5-11(19-2)8-13(12)17/h5-6,8,10,15,17H,3-4,7,9H2,1-2H3. The van der Waals surface area contributed by atoms with Crippen molar-refractivity contribution in [3.05, 3.63) is 23.8 Å². The van der Waals surface area contributed by atoms with Crippen LogP contribution in [0.5, 0.6) is 11.5 Å². The molecule has 5 heteroatoms. The lowest BCUT2D eigenvalue weighted by atomic mass is 10.0. The van der Waals surface area contributed by atoms with E-state index in [2.05, 4.69) is 5.32 Å². The number of nitrogens with one attached hydrogen (secondary N) is 1. The summed E-state index contributed by atoms with van der Waals surface area (Å²) >= 11 is 0. The highest BCUT2D eigenvalue weighted by atomic mass is 16.5. The van der Waals surface area contributed by atoms with Crippen LogP contribution in [0.2, 0.25) is 0 Å². The minimum Gasteiger partial charge on any atom is -0.507 e. The molecule has 0 aliphatic carbocycles. The van der Waals surface area contributed by atoms with Gasteiger partial charge in [0.15, 0.2) is 0 Å². The summed E-state index contributed by atoms with van der Waals surface area (Å²) in [4.78, 5) is 14.2. The second-order valence-corrected chi connectivity index (χ2v) is 4.76. The quantitative estimate of drug-likeness (QED) is 0.862. The van der Waals surface area contributed by atoms with Crippen molar-refractivity contribution < 1.29 is 14.6 Å². The zero-order valence-electron chi connectivity index (χ0n) is 11.3. The summed E-state index contributed by atoms with van der Waals surface area (Å²) in [5, 5.41) is 13.1. The van der Waals surface area contributed by atoms with Gasteiger partial charge in [0.05, 0.1) is 12.7 Å². The van der Waals surface area contributed by atoms with Gasteiger partial charge >= 0.3 is 0 Å². The first-order valence-corrected chi connectivity index (χ1v) is 6.49. The Balaban J connectivity index is 2.15. The van der Waals surface area contributed by atoms with E-state index < -0.39 is 0 Å². The van der Waals surface area contributed by atoms with Gasteiger partial charge in [0, 0.05) is 25.2 Å². The summed E-state index contributed by atoms with van der Waals surface area (Å²) in [7, 11) is 3.43. The molecule has 1 heterocycles. The Bertz CT molecular complexity index is 462. The highest BCUT2D eigenvalue weighted by Crippen LogP contribution is 2.25. The Morgan fingerprint density at radius 1 is 1.53 bits per heavy atom. The highest BCUT2D eigenvalue weighted by molar-refractivity contribution is 5.97. The lowest BCUT2D eigenvalue weighted by Crippen LogP contribution is -2.46. The van der Waals surface area contributed by atoms with Gasteiger partial charge in [-0.3, -0.25) is 4.79 Å². The number of likely N-dealkylation sites (tertiary alicyclic amines) is 1. The van der Waals surface area contributed by atoms with Gasteiger partial charge < -0.3 is 20.1 Å². The fraction of sp³-hybridized carbons (Fsp3) is 0.500. The molecule has 1 aliphatic heterocycles. The zero-order valence-corrected chi connectivity index (χ0v) is 11.3. The normalized spacial score (nSPS) is 19.3. The number of likely N-dealkylation sites (N-methyl/N-ethyl adjacent to an activating group) is 1. The smallest absolute Gasteiger partial charge is 0.257 e. The van der Waals surface area contributed by atoms with Gasteiger partial charge in [0.25, 0.3) is 5.91 Å². The number of ether oxygens (including phenoxy) is 1. The number of piperidine rings is 1.